The number of rotatable bonds is 5. The Balaban J connectivity index is 1.30. The van der Waals surface area contributed by atoms with Crippen LogP contribution >= 0.6 is 11.3 Å². The molecule has 1 aromatic carbocycles. The molecule has 3 atom stereocenters. The highest BCUT2D eigenvalue weighted by atomic mass is 32.1. The number of benzene rings is 1. The maximum Gasteiger partial charge on any atom is 0.306 e. The molecule has 24 heavy (non-hydrogen) atoms. The molecule has 2 saturated carbocycles. The number of hydrogen-bond donors (Lipinski definition) is 0. The molecule has 1 aromatic heterocycles. The summed E-state index contributed by atoms with van der Waals surface area (Å²) in [6.45, 7) is 2.37. The van der Waals surface area contributed by atoms with Crippen molar-refractivity contribution >= 4 is 17.3 Å². The first-order valence-corrected chi connectivity index (χ1v) is 9.72. The van der Waals surface area contributed by atoms with Gasteiger partial charge in [0.2, 0.25) is 0 Å². The molecule has 3 nitrogen and oxygen atoms in total. The van der Waals surface area contributed by atoms with E-state index in [4.69, 9.17) is 4.74 Å². The smallest absolute Gasteiger partial charge is 0.306 e. The van der Waals surface area contributed by atoms with Gasteiger partial charge in [0.1, 0.15) is 11.6 Å². The predicted molar refractivity (Wildman–Crippen MR) is 95.6 cm³/mol. The molecule has 2 bridgehead atoms. The van der Waals surface area contributed by atoms with Crippen LogP contribution in [0.3, 0.4) is 0 Å². The molecule has 0 amide bonds. The van der Waals surface area contributed by atoms with Crippen molar-refractivity contribution in [2.75, 3.05) is 0 Å². The van der Waals surface area contributed by atoms with Gasteiger partial charge in [-0.25, -0.2) is 4.98 Å². The number of carbonyl (C=O) groups is 1. The number of fused-ring (bicyclic) bond motifs is 2. The first kappa shape index (κ1) is 15.8. The second-order valence-corrected chi connectivity index (χ2v) is 8.17. The van der Waals surface area contributed by atoms with Gasteiger partial charge in [-0.15, -0.1) is 11.3 Å². The van der Waals surface area contributed by atoms with Crippen LogP contribution in [-0.4, -0.2) is 11.0 Å². The van der Waals surface area contributed by atoms with Crippen LogP contribution in [0.2, 0.25) is 0 Å². The van der Waals surface area contributed by atoms with Crippen LogP contribution in [0, 0.1) is 24.7 Å². The van der Waals surface area contributed by atoms with E-state index in [9.17, 15) is 4.79 Å². The summed E-state index contributed by atoms with van der Waals surface area (Å²) in [7, 11) is 0. The largest absolute Gasteiger partial charge is 0.459 e. The Kier molecular flexibility index (Phi) is 4.40. The molecule has 4 heteroatoms. The van der Waals surface area contributed by atoms with Gasteiger partial charge >= 0.3 is 5.97 Å². The van der Waals surface area contributed by atoms with Gasteiger partial charge in [-0.2, -0.15) is 0 Å². The fraction of sp³-hybridized carbons (Fsp3) is 0.500. The summed E-state index contributed by atoms with van der Waals surface area (Å²) < 4.78 is 5.47. The molecule has 1 heterocycles. The van der Waals surface area contributed by atoms with E-state index >= 15 is 0 Å². The molecule has 126 valence electrons. The number of hydrogen-bond acceptors (Lipinski definition) is 4. The van der Waals surface area contributed by atoms with E-state index in [1.807, 2.05) is 5.38 Å². The van der Waals surface area contributed by atoms with E-state index < -0.39 is 0 Å². The maximum atomic E-state index is 12.1. The van der Waals surface area contributed by atoms with E-state index in [0.717, 1.165) is 28.1 Å². The second kappa shape index (κ2) is 6.67. The number of aromatic nitrogens is 1. The van der Waals surface area contributed by atoms with Crippen LogP contribution in [0.5, 0.6) is 0 Å². The molecule has 4 rings (SSSR count). The molecule has 0 saturated heterocycles. The SMILES string of the molecule is Cc1ccc(-c2nc(COC(=O)C[C@@H]3C[C@H]4CC[C@@H]3C4)cs2)cc1. The van der Waals surface area contributed by atoms with Gasteiger partial charge in [0, 0.05) is 17.4 Å². The van der Waals surface area contributed by atoms with E-state index in [1.54, 1.807) is 11.3 Å². The summed E-state index contributed by atoms with van der Waals surface area (Å²) in [5.41, 5.74) is 3.20. The summed E-state index contributed by atoms with van der Waals surface area (Å²) >= 11 is 1.60. The van der Waals surface area contributed by atoms with Gasteiger partial charge in [-0.05, 0) is 43.9 Å². The van der Waals surface area contributed by atoms with Gasteiger partial charge in [0.15, 0.2) is 0 Å². The average Bonchev–Trinajstić information content (AvgIpc) is 3.30. The summed E-state index contributed by atoms with van der Waals surface area (Å²) in [6.07, 6.45) is 5.85. The van der Waals surface area contributed by atoms with Crippen molar-refractivity contribution in [2.24, 2.45) is 17.8 Å². The predicted octanol–water partition coefficient (Wildman–Crippen LogP) is 4.99. The van der Waals surface area contributed by atoms with Gasteiger partial charge < -0.3 is 4.74 Å². The number of carbonyl (C=O) groups excluding carboxylic acids is 1. The Morgan fingerprint density at radius 1 is 1.25 bits per heavy atom. The molecule has 0 spiro atoms. The van der Waals surface area contributed by atoms with Crippen molar-refractivity contribution in [3.63, 3.8) is 0 Å². The van der Waals surface area contributed by atoms with Crippen molar-refractivity contribution in [1.82, 2.24) is 4.98 Å². The average molecular weight is 341 g/mol. The van der Waals surface area contributed by atoms with E-state index in [-0.39, 0.29) is 5.97 Å². The second-order valence-electron chi connectivity index (χ2n) is 7.31. The van der Waals surface area contributed by atoms with Gasteiger partial charge in [0.25, 0.3) is 0 Å². The number of nitrogens with zero attached hydrogens (tertiary/aromatic N) is 1. The fourth-order valence-electron chi connectivity index (χ4n) is 4.26. The fourth-order valence-corrected chi connectivity index (χ4v) is 5.07. The third-order valence-electron chi connectivity index (χ3n) is 5.54. The Morgan fingerprint density at radius 2 is 2.08 bits per heavy atom. The van der Waals surface area contributed by atoms with E-state index in [0.29, 0.717) is 18.9 Å². The zero-order valence-electron chi connectivity index (χ0n) is 14.0. The lowest BCUT2D eigenvalue weighted by Gasteiger charge is -2.20. The van der Waals surface area contributed by atoms with Crippen LogP contribution < -0.4 is 0 Å². The van der Waals surface area contributed by atoms with Crippen molar-refractivity contribution in [1.29, 1.82) is 0 Å². The zero-order valence-corrected chi connectivity index (χ0v) is 14.8. The normalized spacial score (nSPS) is 25.1. The lowest BCUT2D eigenvalue weighted by Crippen LogP contribution is -2.17. The van der Waals surface area contributed by atoms with Crippen LogP contribution in [-0.2, 0) is 16.1 Å². The van der Waals surface area contributed by atoms with Crippen molar-refractivity contribution < 1.29 is 9.53 Å². The molecule has 2 aliphatic rings. The molecule has 0 unspecified atom stereocenters. The van der Waals surface area contributed by atoms with E-state index in [1.165, 1.54) is 31.2 Å². The molecular weight excluding hydrogens is 318 g/mol. The van der Waals surface area contributed by atoms with Gasteiger partial charge in [-0.3, -0.25) is 4.79 Å². The van der Waals surface area contributed by atoms with Crippen LogP contribution in [0.1, 0.15) is 43.4 Å². The third kappa shape index (κ3) is 3.39. The third-order valence-corrected chi connectivity index (χ3v) is 6.48. The Hall–Kier alpha value is -1.68. The van der Waals surface area contributed by atoms with Crippen LogP contribution in [0.15, 0.2) is 29.6 Å². The minimum absolute atomic E-state index is 0.0579. The molecular formula is C20H23NO2S. The van der Waals surface area contributed by atoms with Crippen LogP contribution in [0.25, 0.3) is 10.6 Å². The molecule has 0 radical (unpaired) electrons. The highest BCUT2D eigenvalue weighted by molar-refractivity contribution is 7.13. The minimum atomic E-state index is -0.0579. The summed E-state index contributed by atoms with van der Waals surface area (Å²) in [6, 6.07) is 8.34. The first-order valence-electron chi connectivity index (χ1n) is 8.84. The summed E-state index contributed by atoms with van der Waals surface area (Å²) in [4.78, 5) is 16.7. The Labute approximate surface area is 147 Å². The minimum Gasteiger partial charge on any atom is -0.459 e. The van der Waals surface area contributed by atoms with E-state index in [2.05, 4.69) is 36.2 Å². The molecule has 2 fully saturated rings. The lowest BCUT2D eigenvalue weighted by atomic mass is 9.86. The lowest BCUT2D eigenvalue weighted by molar-refractivity contribution is -0.146. The molecule has 2 aromatic rings. The summed E-state index contributed by atoms with van der Waals surface area (Å²) in [5, 5.41) is 2.97. The summed E-state index contributed by atoms with van der Waals surface area (Å²) in [5.74, 6) is 2.16. The Bertz CT molecular complexity index is 721. The van der Waals surface area contributed by atoms with Gasteiger partial charge in [0.05, 0.1) is 5.69 Å². The topological polar surface area (TPSA) is 39.2 Å². The quantitative estimate of drug-likeness (QED) is 0.719. The van der Waals surface area contributed by atoms with Crippen molar-refractivity contribution in [3.05, 3.63) is 40.9 Å². The number of ether oxygens (including phenoxy) is 1. The highest BCUT2D eigenvalue weighted by Gasteiger charge is 2.40. The standard InChI is InChI=1S/C20H23NO2S/c1-13-2-5-15(6-3-13)20-21-18(12-24-20)11-23-19(22)10-17-9-14-4-7-16(17)8-14/h2-3,5-6,12,14,16-17H,4,7-11H2,1H3/t14-,16+,17-/m0/s1. The molecule has 2 aliphatic carbocycles. The first-order chi connectivity index (χ1) is 11.7. The zero-order chi connectivity index (χ0) is 16.5. The number of aryl methyl sites for hydroxylation is 1. The van der Waals surface area contributed by atoms with Crippen molar-refractivity contribution in [2.45, 2.75) is 45.6 Å². The van der Waals surface area contributed by atoms with Crippen molar-refractivity contribution in [3.8, 4) is 10.6 Å². The molecule has 0 N–H and O–H groups in total. The maximum absolute atomic E-state index is 12.1. The number of thiazole rings is 1. The Morgan fingerprint density at radius 3 is 2.79 bits per heavy atom. The number of esters is 1. The van der Waals surface area contributed by atoms with Gasteiger partial charge in [-0.1, -0.05) is 36.2 Å². The van der Waals surface area contributed by atoms with Crippen LogP contribution in [0.4, 0.5) is 0 Å². The highest BCUT2D eigenvalue weighted by Crippen LogP contribution is 2.49. The monoisotopic (exact) mass is 341 g/mol. The molecule has 0 aliphatic heterocycles.